The van der Waals surface area contributed by atoms with Gasteiger partial charge >= 0.3 is 35.6 Å². The van der Waals surface area contributed by atoms with Crippen molar-refractivity contribution in [3.05, 3.63) is 12.4 Å². The zero-order valence-electron chi connectivity index (χ0n) is 17.2. The van der Waals surface area contributed by atoms with E-state index in [4.69, 9.17) is 28.3 Å². The molecule has 0 aromatic carbocycles. The zero-order valence-corrected chi connectivity index (χ0v) is 21.3. The second-order valence-electron chi connectivity index (χ2n) is 9.39. The molecule has 8 atom stereocenters. The van der Waals surface area contributed by atoms with Gasteiger partial charge in [0.1, 0.15) is 0 Å². The molecule has 0 aromatic rings. The summed E-state index contributed by atoms with van der Waals surface area (Å²) in [5, 5.41) is 0. The number of ether oxygens (including phenoxy) is 1. The molecule has 4 fully saturated rings. The van der Waals surface area contributed by atoms with Gasteiger partial charge in [0.15, 0.2) is 0 Å². The van der Waals surface area contributed by atoms with Gasteiger partial charge in [-0.25, -0.2) is 0 Å². The summed E-state index contributed by atoms with van der Waals surface area (Å²) in [7, 11) is 10.3. The van der Waals surface area contributed by atoms with Crippen LogP contribution >= 0.6 is 18.6 Å². The van der Waals surface area contributed by atoms with Crippen LogP contribution in [0.3, 0.4) is 0 Å². The van der Waals surface area contributed by atoms with Crippen molar-refractivity contribution in [1.29, 1.82) is 0 Å². The molecule has 8 unspecified atom stereocenters. The average Bonchev–Trinajstić information content (AvgIpc) is 3.09. The normalized spacial score (nSPS) is 43.9. The molecule has 2 nitrogen and oxygen atoms in total. The van der Waals surface area contributed by atoms with E-state index in [0.29, 0.717) is 12.2 Å². The predicted octanol–water partition coefficient (Wildman–Crippen LogP) is 7.03. The molecule has 1 aliphatic heterocycles. The Morgan fingerprint density at radius 2 is 1.62 bits per heavy atom. The molecule has 3 saturated carbocycles. The van der Waals surface area contributed by atoms with Crippen LogP contribution < -0.4 is 0 Å². The fraction of sp³-hybridized carbons (Fsp3) is 0.950. The van der Waals surface area contributed by atoms with E-state index in [0.717, 1.165) is 35.1 Å². The topological polar surface area (TPSA) is 23.3 Å². The monoisotopic (exact) mass is 453 g/mol. The summed E-state index contributed by atoms with van der Waals surface area (Å²) in [5.74, 6) is 4.60. The van der Waals surface area contributed by atoms with E-state index in [1.165, 1.54) is 44.9 Å². The molecule has 4 rings (SSSR count). The first kappa shape index (κ1) is 23.7. The summed E-state index contributed by atoms with van der Waals surface area (Å²) in [6.07, 6.45) is 11.2. The standard InChI is InChI=1S/C19H34NOSi.CH3.2ClH.Ti/c1-12-9-10-16-15(11-12)17-13-7-5-6-8-14(13)19(18(17)21-16)22(3,4)20-2;;;;/h12-19H,5-11H2,1-4H3;1H3;2*1H;/q2*-1;;;+2/p-2. The summed E-state index contributed by atoms with van der Waals surface area (Å²) in [4.78, 5) is 4.95. The van der Waals surface area contributed by atoms with E-state index in [1.54, 1.807) is 0 Å². The van der Waals surface area contributed by atoms with Crippen molar-refractivity contribution >= 4 is 26.8 Å². The van der Waals surface area contributed by atoms with Crippen LogP contribution in [0.4, 0.5) is 0 Å². The number of halogens is 2. The van der Waals surface area contributed by atoms with Gasteiger partial charge in [-0.15, -0.1) is 0 Å². The van der Waals surface area contributed by atoms with Crippen LogP contribution in [0.1, 0.15) is 51.9 Å². The number of hydrogen-bond acceptors (Lipinski definition) is 1. The SMILES string of the molecule is C[N-][Si](C)(C)C1C2CCCCC2C2C3CC(C)CCC3OC21.[CH3-].[Cl][Ti][Cl]. The minimum absolute atomic E-state index is 0. The Bertz CT molecular complexity index is 456. The zero-order chi connectivity index (χ0) is 18.2. The first-order valence-corrected chi connectivity index (χ1v) is 17.5. The van der Waals surface area contributed by atoms with Crippen LogP contribution in [-0.4, -0.2) is 27.5 Å². The molecule has 4 aliphatic rings. The van der Waals surface area contributed by atoms with E-state index in [9.17, 15) is 0 Å². The van der Waals surface area contributed by atoms with Crippen molar-refractivity contribution in [3.8, 4) is 0 Å². The van der Waals surface area contributed by atoms with Gasteiger partial charge in [-0.05, 0) is 60.8 Å². The van der Waals surface area contributed by atoms with Gasteiger partial charge in [0.05, 0.1) is 12.2 Å². The van der Waals surface area contributed by atoms with Gasteiger partial charge in [-0.3, -0.25) is 0 Å². The molecule has 1 saturated heterocycles. The van der Waals surface area contributed by atoms with E-state index in [1.807, 2.05) is 0 Å². The van der Waals surface area contributed by atoms with Crippen LogP contribution in [0, 0.1) is 37.0 Å². The molecule has 3 aliphatic carbocycles. The van der Waals surface area contributed by atoms with E-state index < -0.39 is 25.3 Å². The minimum atomic E-state index is -1.52. The average molecular weight is 454 g/mol. The summed E-state index contributed by atoms with van der Waals surface area (Å²) in [6.45, 7) is 7.47. The van der Waals surface area contributed by atoms with Crippen molar-refractivity contribution in [2.75, 3.05) is 7.05 Å². The fourth-order valence-electron chi connectivity index (χ4n) is 6.82. The Morgan fingerprint density at radius 3 is 2.23 bits per heavy atom. The Balaban J connectivity index is 0.000000570. The summed E-state index contributed by atoms with van der Waals surface area (Å²) in [6, 6.07) is 0. The Hall–Kier alpha value is 1.43. The van der Waals surface area contributed by atoms with Crippen molar-refractivity contribution in [2.45, 2.75) is 82.7 Å². The molecule has 6 heteroatoms. The van der Waals surface area contributed by atoms with Crippen molar-refractivity contribution in [3.63, 3.8) is 0 Å². The number of hydrogen-bond donors (Lipinski definition) is 0. The molecule has 152 valence electrons. The van der Waals surface area contributed by atoms with Crippen molar-refractivity contribution in [1.82, 2.24) is 0 Å². The number of rotatable bonds is 2. The van der Waals surface area contributed by atoms with E-state index >= 15 is 0 Å². The summed E-state index contributed by atoms with van der Waals surface area (Å²) in [5.41, 5.74) is 0.800. The quantitative estimate of drug-likeness (QED) is 0.325. The van der Waals surface area contributed by atoms with Gasteiger partial charge in [-0.1, -0.05) is 47.5 Å². The molecule has 0 spiro atoms. The van der Waals surface area contributed by atoms with Crippen molar-refractivity contribution in [2.24, 2.45) is 29.6 Å². The Kier molecular flexibility index (Phi) is 9.08. The van der Waals surface area contributed by atoms with Crippen LogP contribution in [0.5, 0.6) is 0 Å². The Morgan fingerprint density at radius 1 is 1.00 bits per heavy atom. The van der Waals surface area contributed by atoms with Crippen LogP contribution in [0.15, 0.2) is 0 Å². The van der Waals surface area contributed by atoms with E-state index in [2.05, 4.69) is 27.1 Å². The molecule has 1 heterocycles. The van der Waals surface area contributed by atoms with Crippen molar-refractivity contribution < 1.29 is 21.8 Å². The van der Waals surface area contributed by atoms with Gasteiger partial charge in [0.2, 0.25) is 0 Å². The fourth-order valence-corrected chi connectivity index (χ4v) is 9.69. The molecule has 0 bridgehead atoms. The van der Waals surface area contributed by atoms with Gasteiger partial charge < -0.3 is 17.1 Å². The third-order valence-corrected chi connectivity index (χ3v) is 11.4. The predicted molar refractivity (Wildman–Crippen MR) is 113 cm³/mol. The van der Waals surface area contributed by atoms with Crippen LogP contribution in [-0.2, 0) is 21.8 Å². The molecule has 0 aromatic heterocycles. The maximum atomic E-state index is 6.81. The summed E-state index contributed by atoms with van der Waals surface area (Å²) >= 11 is -0.556. The van der Waals surface area contributed by atoms with Gasteiger partial charge in [-0.2, -0.15) is 7.05 Å². The second-order valence-corrected chi connectivity index (χ2v) is 16.4. The van der Waals surface area contributed by atoms with E-state index in [-0.39, 0.29) is 7.43 Å². The second kappa shape index (κ2) is 9.96. The first-order valence-electron chi connectivity index (χ1n) is 10.2. The molecular formula is C20H37Cl2NOSiTi-2. The third kappa shape index (κ3) is 4.45. The summed E-state index contributed by atoms with van der Waals surface area (Å²) < 4.78 is 6.81. The number of fused-ring (bicyclic) bond motifs is 5. The van der Waals surface area contributed by atoms with Gasteiger partial charge in [0.25, 0.3) is 0 Å². The third-order valence-electron chi connectivity index (χ3n) is 7.88. The first-order chi connectivity index (χ1) is 11.9. The number of nitrogens with zero attached hydrogens (tertiary/aromatic N) is 1. The van der Waals surface area contributed by atoms with Gasteiger partial charge in [0, 0.05) is 0 Å². The molecule has 0 amide bonds. The molecule has 0 radical (unpaired) electrons. The molecule has 0 N–H and O–H groups in total. The van der Waals surface area contributed by atoms with Crippen LogP contribution in [0.25, 0.3) is 4.98 Å². The molecular weight excluding hydrogens is 417 g/mol. The Labute approximate surface area is 179 Å². The van der Waals surface area contributed by atoms with Crippen LogP contribution in [0.2, 0.25) is 18.6 Å². The maximum absolute atomic E-state index is 6.81. The molecule has 26 heavy (non-hydrogen) atoms.